The van der Waals surface area contributed by atoms with Crippen LogP contribution in [0.25, 0.3) is 0 Å². The monoisotopic (exact) mass is 592 g/mol. The van der Waals surface area contributed by atoms with Crippen molar-refractivity contribution in [2.24, 2.45) is 15.3 Å². The van der Waals surface area contributed by atoms with Crippen LogP contribution in [-0.4, -0.2) is 80.6 Å². The van der Waals surface area contributed by atoms with Crippen molar-refractivity contribution in [3.63, 3.8) is 0 Å². The van der Waals surface area contributed by atoms with E-state index >= 15 is 0 Å². The molecule has 1 aliphatic heterocycles. The molecule has 0 bridgehead atoms. The molecular formula is C18H16N4O13S3. The fourth-order valence-corrected chi connectivity index (χ4v) is 4.90. The summed E-state index contributed by atoms with van der Waals surface area (Å²) in [7, 11) is -13.6. The zero-order chi connectivity index (χ0) is 28.5. The van der Waals surface area contributed by atoms with Gasteiger partial charge in [0.15, 0.2) is 15.5 Å². The van der Waals surface area contributed by atoms with Crippen LogP contribution in [-0.2, 0) is 44.1 Å². The lowest BCUT2D eigenvalue weighted by Crippen LogP contribution is -2.33. The van der Waals surface area contributed by atoms with Gasteiger partial charge in [-0.2, -0.15) is 37.2 Å². The second-order valence-electron chi connectivity index (χ2n) is 7.25. The molecule has 1 unspecified atom stereocenters. The molecule has 0 radical (unpaired) electrons. The van der Waals surface area contributed by atoms with Gasteiger partial charge in [-0.1, -0.05) is 0 Å². The molecule has 1 amide bonds. The number of phenols is 1. The summed E-state index contributed by atoms with van der Waals surface area (Å²) in [6, 6.07) is 4.81. The van der Waals surface area contributed by atoms with Crippen LogP contribution in [0.1, 0.15) is 0 Å². The number of carboxylic acids is 1. The minimum atomic E-state index is -4.88. The molecule has 0 spiro atoms. The maximum Gasteiger partial charge on any atom is 0.397 e. The van der Waals surface area contributed by atoms with Gasteiger partial charge in [-0.3, -0.25) is 13.9 Å². The van der Waals surface area contributed by atoms with Gasteiger partial charge in [-0.15, -0.1) is 0 Å². The Balaban J connectivity index is 1.88. The SMILES string of the molecule is O=C(O)C1=NN(c2ccc(S(=O)(=O)O)cc2)C(=O)C1N=Nc1cc(S(=O)(=O)CCOS(=O)(=O)O)ccc1O. The van der Waals surface area contributed by atoms with Gasteiger partial charge in [0.1, 0.15) is 11.4 Å². The molecule has 2 aromatic rings. The molecule has 0 aromatic heterocycles. The number of hydrogen-bond acceptors (Lipinski definition) is 13. The molecule has 0 saturated carbocycles. The van der Waals surface area contributed by atoms with Crippen LogP contribution in [0.2, 0.25) is 0 Å². The number of anilines is 1. The minimum Gasteiger partial charge on any atom is -0.506 e. The van der Waals surface area contributed by atoms with Crippen LogP contribution >= 0.6 is 0 Å². The highest BCUT2D eigenvalue weighted by Gasteiger charge is 2.41. The molecule has 204 valence electrons. The Hall–Kier alpha value is -3.82. The number of sulfone groups is 1. The third-order valence-corrected chi connectivity index (χ3v) is 7.69. The standard InChI is InChI=1S/C18H16N4O13S3/c23-14-6-5-12(36(27,28)8-7-35-38(32,33)34)9-13(14)19-20-15-16(18(25)26)21-22(17(15)24)10-1-3-11(4-2-10)37(29,30)31/h1-6,9,15,23H,7-8H2,(H,25,26)(H,29,30,31)(H,32,33,34). The molecular weight excluding hydrogens is 576 g/mol. The smallest absolute Gasteiger partial charge is 0.397 e. The van der Waals surface area contributed by atoms with Crippen molar-refractivity contribution in [2.75, 3.05) is 17.4 Å². The highest BCUT2D eigenvalue weighted by molar-refractivity contribution is 7.91. The number of aliphatic carboxylic acids is 1. The van der Waals surface area contributed by atoms with Crippen LogP contribution in [0.3, 0.4) is 0 Å². The maximum atomic E-state index is 12.8. The number of rotatable bonds is 10. The number of aromatic hydroxyl groups is 1. The zero-order valence-electron chi connectivity index (χ0n) is 18.5. The second-order valence-corrected chi connectivity index (χ2v) is 11.9. The van der Waals surface area contributed by atoms with Crippen LogP contribution in [0.4, 0.5) is 11.4 Å². The Bertz CT molecular complexity index is 1670. The van der Waals surface area contributed by atoms with E-state index in [1.165, 1.54) is 0 Å². The van der Waals surface area contributed by atoms with Gasteiger partial charge in [-0.25, -0.2) is 17.4 Å². The lowest BCUT2D eigenvalue weighted by molar-refractivity contribution is -0.130. The summed E-state index contributed by atoms with van der Waals surface area (Å²) >= 11 is 0. The van der Waals surface area contributed by atoms with Gasteiger partial charge in [0.05, 0.1) is 27.8 Å². The van der Waals surface area contributed by atoms with Crippen LogP contribution in [0.15, 0.2) is 67.6 Å². The molecule has 20 heteroatoms. The van der Waals surface area contributed by atoms with E-state index in [2.05, 4.69) is 19.5 Å². The maximum absolute atomic E-state index is 12.8. The predicted octanol–water partition coefficient (Wildman–Crippen LogP) is 0.172. The molecule has 4 N–H and O–H groups in total. The number of hydrogen-bond donors (Lipinski definition) is 4. The van der Waals surface area contributed by atoms with E-state index in [4.69, 9.17) is 9.11 Å². The van der Waals surface area contributed by atoms with Crippen molar-refractivity contribution in [1.29, 1.82) is 0 Å². The minimum absolute atomic E-state index is 0.0816. The zero-order valence-corrected chi connectivity index (χ0v) is 21.0. The Labute approximate surface area is 214 Å². The second kappa shape index (κ2) is 10.5. The lowest BCUT2D eigenvalue weighted by atomic mass is 10.2. The summed E-state index contributed by atoms with van der Waals surface area (Å²) in [6.45, 7) is -0.922. The summed E-state index contributed by atoms with van der Waals surface area (Å²) in [6.07, 6.45) is 0. The topological polar surface area (TPSA) is 267 Å². The predicted molar refractivity (Wildman–Crippen MR) is 125 cm³/mol. The molecule has 1 aliphatic rings. The fourth-order valence-electron chi connectivity index (χ4n) is 2.92. The average Bonchev–Trinajstić information content (AvgIpc) is 3.13. The van der Waals surface area contributed by atoms with Gasteiger partial charge in [0.25, 0.3) is 16.0 Å². The molecule has 0 aliphatic carbocycles. The summed E-state index contributed by atoms with van der Waals surface area (Å²) in [5.74, 6) is -4.22. The van der Waals surface area contributed by atoms with E-state index in [1.807, 2.05) is 0 Å². The number of carbonyl (C=O) groups is 2. The number of hydrazone groups is 1. The van der Waals surface area contributed by atoms with E-state index in [0.29, 0.717) is 5.01 Å². The van der Waals surface area contributed by atoms with Gasteiger partial charge in [0, 0.05) is 0 Å². The first-order valence-electron chi connectivity index (χ1n) is 9.81. The summed E-state index contributed by atoms with van der Waals surface area (Å²) in [5, 5.41) is 30.9. The Morgan fingerprint density at radius 2 is 1.61 bits per heavy atom. The quantitative estimate of drug-likeness (QED) is 0.212. The summed E-state index contributed by atoms with van der Waals surface area (Å²) in [4.78, 5) is 23.5. The van der Waals surface area contributed by atoms with E-state index < -0.39 is 87.6 Å². The van der Waals surface area contributed by atoms with Crippen molar-refractivity contribution in [1.82, 2.24) is 0 Å². The van der Waals surface area contributed by atoms with Crippen molar-refractivity contribution < 1.29 is 58.3 Å². The average molecular weight is 593 g/mol. The molecule has 0 fully saturated rings. The van der Waals surface area contributed by atoms with E-state index in [0.717, 1.165) is 42.5 Å². The molecule has 2 aromatic carbocycles. The molecule has 17 nitrogen and oxygen atoms in total. The highest BCUT2D eigenvalue weighted by Crippen LogP contribution is 2.31. The van der Waals surface area contributed by atoms with Gasteiger partial charge in [-0.05, 0) is 42.5 Å². The van der Waals surface area contributed by atoms with E-state index in [-0.39, 0.29) is 5.69 Å². The van der Waals surface area contributed by atoms with Crippen molar-refractivity contribution in [3.8, 4) is 5.75 Å². The summed E-state index contributed by atoms with van der Waals surface area (Å²) in [5.41, 5.74) is -1.39. The van der Waals surface area contributed by atoms with Gasteiger partial charge in [0.2, 0.25) is 6.04 Å². The number of azo groups is 1. The third-order valence-electron chi connectivity index (χ3n) is 4.68. The third kappa shape index (κ3) is 6.73. The Kier molecular flexibility index (Phi) is 7.95. The fraction of sp³-hybridized carbons (Fsp3) is 0.167. The number of nitrogens with zero attached hydrogens (tertiary/aromatic N) is 4. The largest absolute Gasteiger partial charge is 0.506 e. The molecule has 38 heavy (non-hydrogen) atoms. The van der Waals surface area contributed by atoms with Crippen molar-refractivity contribution >= 4 is 59.3 Å². The van der Waals surface area contributed by atoms with Crippen molar-refractivity contribution in [2.45, 2.75) is 15.8 Å². The number of carboxylic acid groups (broad SMARTS) is 1. The van der Waals surface area contributed by atoms with Gasteiger partial charge >= 0.3 is 16.4 Å². The van der Waals surface area contributed by atoms with Crippen molar-refractivity contribution in [3.05, 3.63) is 42.5 Å². The molecule has 1 atom stereocenters. The molecule has 0 saturated heterocycles. The lowest BCUT2D eigenvalue weighted by Gasteiger charge is -2.12. The van der Waals surface area contributed by atoms with Gasteiger partial charge < -0.3 is 10.2 Å². The highest BCUT2D eigenvalue weighted by atomic mass is 32.3. The molecule has 3 rings (SSSR count). The Morgan fingerprint density at radius 1 is 1.00 bits per heavy atom. The number of phenolic OH excluding ortho intramolecular Hbond substituents is 1. The normalized spacial score (nSPS) is 16.7. The van der Waals surface area contributed by atoms with Crippen LogP contribution < -0.4 is 5.01 Å². The van der Waals surface area contributed by atoms with E-state index in [9.17, 15) is 45.1 Å². The summed E-state index contributed by atoms with van der Waals surface area (Å²) < 4.78 is 89.9. The Morgan fingerprint density at radius 3 is 2.16 bits per heavy atom. The first-order chi connectivity index (χ1) is 17.5. The molecule has 1 heterocycles. The number of amides is 1. The van der Waals surface area contributed by atoms with E-state index in [1.54, 1.807) is 0 Å². The number of benzene rings is 2. The van der Waals surface area contributed by atoms with Crippen LogP contribution in [0.5, 0.6) is 5.75 Å². The first-order valence-corrected chi connectivity index (χ1v) is 14.3. The number of carbonyl (C=O) groups excluding carboxylic acids is 1. The van der Waals surface area contributed by atoms with Crippen LogP contribution in [0, 0.1) is 0 Å². The first kappa shape index (κ1) is 28.7.